The van der Waals surface area contributed by atoms with Crippen molar-refractivity contribution < 1.29 is 23.7 Å². The molecule has 1 unspecified atom stereocenters. The Morgan fingerprint density at radius 1 is 1.31 bits per heavy atom. The highest BCUT2D eigenvalue weighted by Crippen LogP contribution is 2.46. The third-order valence-electron chi connectivity index (χ3n) is 6.20. The van der Waals surface area contributed by atoms with E-state index >= 15 is 0 Å². The van der Waals surface area contributed by atoms with Gasteiger partial charge in [-0.15, -0.1) is 0 Å². The van der Waals surface area contributed by atoms with Gasteiger partial charge in [0.1, 0.15) is 12.3 Å². The molecule has 3 rings (SSSR count). The number of fused-ring (bicyclic) bond motifs is 1. The molecule has 1 aliphatic carbocycles. The van der Waals surface area contributed by atoms with E-state index in [0.29, 0.717) is 37.2 Å². The topological polar surface area (TPSA) is 47.9 Å². The van der Waals surface area contributed by atoms with E-state index in [1.807, 2.05) is 6.08 Å². The summed E-state index contributed by atoms with van der Waals surface area (Å²) in [5.41, 5.74) is 0. The molecular formula is C21H35FO4. The summed E-state index contributed by atoms with van der Waals surface area (Å²) in [5, 5.41) is 9.77. The number of allylic oxidation sites excluding steroid dienone is 1. The Balaban J connectivity index is 1.64. The van der Waals surface area contributed by atoms with Gasteiger partial charge in [0.15, 0.2) is 12.6 Å². The van der Waals surface area contributed by atoms with Gasteiger partial charge in [-0.2, -0.15) is 0 Å². The molecule has 0 aromatic rings. The van der Waals surface area contributed by atoms with E-state index < -0.39 is 18.6 Å². The monoisotopic (exact) mass is 370 g/mol. The lowest BCUT2D eigenvalue weighted by atomic mass is 9.87. The van der Waals surface area contributed by atoms with Crippen LogP contribution in [0, 0.1) is 17.8 Å². The standard InChI is InChI=1S/C21H35FO4/c1-3-4-7-17(22)18(26-21-8-5-6-11-24-21)10-9-15-14(2)12-19-16(15)13-20(23)25-19/h9-10,14-21,23H,3-8,11-13H2,1-2H3/t14-,15+,16-,17+,18-,19+,20-,21?/m1/s1. The fourth-order valence-corrected chi connectivity index (χ4v) is 4.70. The molecule has 3 aliphatic rings. The Kier molecular flexibility index (Phi) is 7.50. The van der Waals surface area contributed by atoms with Crippen LogP contribution in [0.3, 0.4) is 0 Å². The minimum Gasteiger partial charge on any atom is -0.368 e. The zero-order valence-corrected chi connectivity index (χ0v) is 16.2. The molecule has 0 spiro atoms. The molecule has 26 heavy (non-hydrogen) atoms. The minimum absolute atomic E-state index is 0.136. The zero-order chi connectivity index (χ0) is 18.5. The molecular weight excluding hydrogens is 335 g/mol. The number of alkyl halides is 1. The van der Waals surface area contributed by atoms with Gasteiger partial charge in [-0.3, -0.25) is 0 Å². The van der Waals surface area contributed by atoms with Gasteiger partial charge in [0.2, 0.25) is 0 Å². The molecule has 2 aliphatic heterocycles. The van der Waals surface area contributed by atoms with Crippen LogP contribution in [0.4, 0.5) is 4.39 Å². The van der Waals surface area contributed by atoms with Crippen LogP contribution < -0.4 is 0 Å². The smallest absolute Gasteiger partial charge is 0.158 e. The number of hydrogen-bond acceptors (Lipinski definition) is 4. The first-order valence-corrected chi connectivity index (χ1v) is 10.5. The van der Waals surface area contributed by atoms with Crippen molar-refractivity contribution in [2.45, 2.75) is 96.2 Å². The van der Waals surface area contributed by atoms with Gasteiger partial charge in [-0.05, 0) is 49.9 Å². The average Bonchev–Trinajstić information content (AvgIpc) is 3.12. The number of rotatable bonds is 8. The maximum atomic E-state index is 14.8. The van der Waals surface area contributed by atoms with Gasteiger partial charge < -0.3 is 19.3 Å². The molecule has 0 aromatic carbocycles. The second-order valence-electron chi connectivity index (χ2n) is 8.26. The number of aliphatic hydroxyl groups is 1. The van der Waals surface area contributed by atoms with E-state index in [0.717, 1.165) is 38.5 Å². The lowest BCUT2D eigenvalue weighted by molar-refractivity contribution is -0.189. The van der Waals surface area contributed by atoms with E-state index in [-0.39, 0.29) is 12.4 Å². The van der Waals surface area contributed by atoms with Crippen molar-refractivity contribution in [3.63, 3.8) is 0 Å². The van der Waals surface area contributed by atoms with Crippen molar-refractivity contribution in [2.75, 3.05) is 6.61 Å². The van der Waals surface area contributed by atoms with E-state index in [1.54, 1.807) is 0 Å². The fourth-order valence-electron chi connectivity index (χ4n) is 4.70. The largest absolute Gasteiger partial charge is 0.368 e. The van der Waals surface area contributed by atoms with Crippen LogP contribution in [0.25, 0.3) is 0 Å². The average molecular weight is 371 g/mol. The summed E-state index contributed by atoms with van der Waals surface area (Å²) in [4.78, 5) is 0. The van der Waals surface area contributed by atoms with E-state index in [4.69, 9.17) is 14.2 Å². The first kappa shape index (κ1) is 20.2. The second-order valence-corrected chi connectivity index (χ2v) is 8.26. The summed E-state index contributed by atoms with van der Waals surface area (Å²) in [6.07, 6.45) is 8.68. The summed E-state index contributed by atoms with van der Waals surface area (Å²) in [6.45, 7) is 4.99. The molecule has 3 fully saturated rings. The van der Waals surface area contributed by atoms with Crippen molar-refractivity contribution >= 4 is 0 Å². The SMILES string of the molecule is CCCC[C@H](F)[C@@H](C=C[C@@H]1[C@H]2C[C@H](O)O[C@H]2C[C@H]1C)OC1CCCCO1. The van der Waals surface area contributed by atoms with Crippen LogP contribution in [0.5, 0.6) is 0 Å². The third kappa shape index (κ3) is 5.06. The number of halogens is 1. The van der Waals surface area contributed by atoms with Crippen molar-refractivity contribution in [3.05, 3.63) is 12.2 Å². The van der Waals surface area contributed by atoms with Crippen molar-refractivity contribution in [1.29, 1.82) is 0 Å². The van der Waals surface area contributed by atoms with Crippen LogP contribution in [0.1, 0.15) is 65.2 Å². The fraction of sp³-hybridized carbons (Fsp3) is 0.905. The predicted molar refractivity (Wildman–Crippen MR) is 98.3 cm³/mol. The number of unbranched alkanes of at least 4 members (excludes halogenated alkanes) is 1. The summed E-state index contributed by atoms with van der Waals surface area (Å²) >= 11 is 0. The van der Waals surface area contributed by atoms with Gasteiger partial charge in [-0.25, -0.2) is 4.39 Å². The number of aliphatic hydroxyl groups excluding tert-OH is 1. The molecule has 2 heterocycles. The summed E-state index contributed by atoms with van der Waals surface area (Å²) in [7, 11) is 0. The van der Waals surface area contributed by atoms with Crippen LogP contribution in [0.2, 0.25) is 0 Å². The third-order valence-corrected chi connectivity index (χ3v) is 6.20. The molecule has 4 nitrogen and oxygen atoms in total. The van der Waals surface area contributed by atoms with Crippen molar-refractivity contribution in [3.8, 4) is 0 Å². The molecule has 2 saturated heterocycles. The zero-order valence-electron chi connectivity index (χ0n) is 16.2. The lowest BCUT2D eigenvalue weighted by Gasteiger charge is -2.28. The summed E-state index contributed by atoms with van der Waals surface area (Å²) in [5.74, 6) is 1.12. The maximum absolute atomic E-state index is 14.8. The molecule has 0 radical (unpaired) electrons. The molecule has 1 N–H and O–H groups in total. The molecule has 0 aromatic heterocycles. The van der Waals surface area contributed by atoms with Crippen LogP contribution >= 0.6 is 0 Å². The van der Waals surface area contributed by atoms with Gasteiger partial charge >= 0.3 is 0 Å². The maximum Gasteiger partial charge on any atom is 0.158 e. The minimum atomic E-state index is -1.00. The van der Waals surface area contributed by atoms with Crippen LogP contribution in [0.15, 0.2) is 12.2 Å². The van der Waals surface area contributed by atoms with Gasteiger partial charge in [-0.1, -0.05) is 38.8 Å². The van der Waals surface area contributed by atoms with Gasteiger partial charge in [0.05, 0.1) is 6.10 Å². The first-order valence-electron chi connectivity index (χ1n) is 10.5. The highest BCUT2D eigenvalue weighted by Gasteiger charge is 2.46. The molecule has 5 heteroatoms. The number of ether oxygens (including phenoxy) is 3. The van der Waals surface area contributed by atoms with E-state index in [1.165, 1.54) is 0 Å². The Morgan fingerprint density at radius 2 is 2.15 bits per heavy atom. The van der Waals surface area contributed by atoms with Crippen LogP contribution in [-0.4, -0.2) is 42.7 Å². The van der Waals surface area contributed by atoms with Crippen LogP contribution in [-0.2, 0) is 14.2 Å². The van der Waals surface area contributed by atoms with Crippen molar-refractivity contribution in [2.24, 2.45) is 17.8 Å². The quantitative estimate of drug-likeness (QED) is 0.645. The molecule has 0 bridgehead atoms. The predicted octanol–water partition coefficient (Wildman–Crippen LogP) is 4.36. The molecule has 150 valence electrons. The molecule has 1 saturated carbocycles. The number of hydrogen-bond donors (Lipinski definition) is 1. The van der Waals surface area contributed by atoms with Gasteiger partial charge in [0.25, 0.3) is 0 Å². The van der Waals surface area contributed by atoms with E-state index in [9.17, 15) is 9.50 Å². The summed E-state index contributed by atoms with van der Waals surface area (Å²) < 4.78 is 32.1. The molecule has 8 atom stereocenters. The second kappa shape index (κ2) is 9.63. The summed E-state index contributed by atoms with van der Waals surface area (Å²) in [6, 6.07) is 0. The Hall–Kier alpha value is -0.490. The highest BCUT2D eigenvalue weighted by atomic mass is 19.1. The Morgan fingerprint density at radius 3 is 2.88 bits per heavy atom. The first-order chi connectivity index (χ1) is 12.6. The van der Waals surface area contributed by atoms with Crippen molar-refractivity contribution in [1.82, 2.24) is 0 Å². The molecule has 0 amide bonds. The Labute approximate surface area is 157 Å². The van der Waals surface area contributed by atoms with E-state index in [2.05, 4.69) is 19.9 Å². The lowest BCUT2D eigenvalue weighted by Crippen LogP contribution is -2.32. The van der Waals surface area contributed by atoms with Gasteiger partial charge in [0, 0.05) is 13.0 Å². The Bertz CT molecular complexity index is 451. The highest BCUT2D eigenvalue weighted by molar-refractivity contribution is 5.06. The normalized spacial score (nSPS) is 40.0.